The highest BCUT2D eigenvalue weighted by molar-refractivity contribution is 6.04. The number of fused-ring (bicyclic) bond motifs is 1. The number of hydrogen-bond donors (Lipinski definition) is 2. The average Bonchev–Trinajstić information content (AvgIpc) is 3.52. The van der Waals surface area contributed by atoms with Gasteiger partial charge in [0, 0.05) is 18.9 Å². The third-order valence-electron chi connectivity index (χ3n) is 5.36. The molecule has 1 aliphatic heterocycles. The van der Waals surface area contributed by atoms with Crippen molar-refractivity contribution in [3.8, 4) is 0 Å². The van der Waals surface area contributed by atoms with E-state index in [4.69, 9.17) is 0 Å². The molecule has 1 unspecified atom stereocenters. The molecule has 2 aromatic rings. The van der Waals surface area contributed by atoms with Crippen LogP contribution in [0.3, 0.4) is 0 Å². The van der Waals surface area contributed by atoms with Crippen LogP contribution >= 0.6 is 0 Å². The summed E-state index contributed by atoms with van der Waals surface area (Å²) in [6, 6.07) is 5.47. The van der Waals surface area contributed by atoms with E-state index < -0.39 is 0 Å². The van der Waals surface area contributed by atoms with E-state index in [9.17, 15) is 9.59 Å². The van der Waals surface area contributed by atoms with Gasteiger partial charge in [0.2, 0.25) is 5.91 Å². The molecule has 0 bridgehead atoms. The average molecular weight is 379 g/mol. The first-order chi connectivity index (χ1) is 13.6. The van der Waals surface area contributed by atoms with Gasteiger partial charge < -0.3 is 15.5 Å². The fourth-order valence-corrected chi connectivity index (χ4v) is 3.54. The molecule has 0 spiro atoms. The highest BCUT2D eigenvalue weighted by atomic mass is 16.2. The van der Waals surface area contributed by atoms with Crippen molar-refractivity contribution < 1.29 is 9.59 Å². The van der Waals surface area contributed by atoms with E-state index in [2.05, 4.69) is 20.6 Å². The van der Waals surface area contributed by atoms with Crippen LogP contribution in [-0.4, -0.2) is 34.9 Å². The molecule has 1 saturated carbocycles. The van der Waals surface area contributed by atoms with Crippen molar-refractivity contribution in [1.29, 1.82) is 0 Å². The summed E-state index contributed by atoms with van der Waals surface area (Å²) in [6.45, 7) is 4.95. The van der Waals surface area contributed by atoms with Gasteiger partial charge in [-0.1, -0.05) is 13.0 Å². The molecule has 146 valence electrons. The van der Waals surface area contributed by atoms with Crippen LogP contribution < -0.4 is 15.5 Å². The fraction of sp³-hybridized carbons (Fsp3) is 0.429. The Labute approximate surface area is 164 Å². The second-order valence-electron chi connectivity index (χ2n) is 7.53. The van der Waals surface area contributed by atoms with E-state index in [-0.39, 0.29) is 24.4 Å². The van der Waals surface area contributed by atoms with Gasteiger partial charge in [0.1, 0.15) is 5.82 Å². The molecule has 4 rings (SSSR count). The zero-order valence-corrected chi connectivity index (χ0v) is 16.2. The number of hydrogen-bond acceptors (Lipinski definition) is 5. The molecule has 1 atom stereocenters. The number of rotatable bonds is 6. The number of aromatic nitrogens is 2. The highest BCUT2D eigenvalue weighted by Crippen LogP contribution is 2.35. The summed E-state index contributed by atoms with van der Waals surface area (Å²) >= 11 is 0. The Morgan fingerprint density at radius 2 is 2.21 bits per heavy atom. The first kappa shape index (κ1) is 18.4. The Morgan fingerprint density at radius 1 is 1.39 bits per heavy atom. The molecule has 2 aliphatic rings. The second-order valence-corrected chi connectivity index (χ2v) is 7.53. The van der Waals surface area contributed by atoms with Crippen LogP contribution in [0, 0.1) is 12.8 Å². The Morgan fingerprint density at radius 3 is 2.93 bits per heavy atom. The lowest BCUT2D eigenvalue weighted by Gasteiger charge is -2.30. The third-order valence-corrected chi connectivity index (χ3v) is 5.36. The number of amides is 2. The molecule has 2 N–H and O–H groups in total. The fourth-order valence-electron chi connectivity index (χ4n) is 3.54. The van der Waals surface area contributed by atoms with E-state index in [0.717, 1.165) is 30.5 Å². The van der Waals surface area contributed by atoms with E-state index >= 15 is 0 Å². The molecule has 7 nitrogen and oxygen atoms in total. The molecule has 2 aromatic heterocycles. The van der Waals surface area contributed by atoms with Crippen LogP contribution in [0.5, 0.6) is 0 Å². The van der Waals surface area contributed by atoms with Crippen LogP contribution in [0.4, 0.5) is 11.5 Å². The minimum absolute atomic E-state index is 0.0225. The van der Waals surface area contributed by atoms with Gasteiger partial charge in [-0.2, -0.15) is 0 Å². The van der Waals surface area contributed by atoms with Crippen LogP contribution in [0.25, 0.3) is 0 Å². The maximum atomic E-state index is 12.9. The minimum Gasteiger partial charge on any atom is -0.359 e. The quantitative estimate of drug-likeness (QED) is 0.806. The van der Waals surface area contributed by atoms with Gasteiger partial charge in [-0.15, -0.1) is 0 Å². The lowest BCUT2D eigenvalue weighted by atomic mass is 10.1. The number of nitrogens with one attached hydrogen (secondary N) is 2. The smallest absolute Gasteiger partial charge is 0.253 e. The van der Waals surface area contributed by atoms with Crippen molar-refractivity contribution in [3.63, 3.8) is 0 Å². The van der Waals surface area contributed by atoms with Crippen molar-refractivity contribution in [2.45, 2.75) is 39.2 Å². The summed E-state index contributed by atoms with van der Waals surface area (Å²) in [6.07, 6.45) is 6.34. The van der Waals surface area contributed by atoms with E-state index in [0.29, 0.717) is 29.5 Å². The molecule has 2 amide bonds. The van der Waals surface area contributed by atoms with E-state index in [1.807, 2.05) is 26.0 Å². The molecule has 7 heteroatoms. The number of carbonyl (C=O) groups is 2. The number of nitrogens with zero attached hydrogens (tertiary/aromatic N) is 3. The highest BCUT2D eigenvalue weighted by Gasteiger charge is 2.32. The monoisotopic (exact) mass is 379 g/mol. The zero-order valence-electron chi connectivity index (χ0n) is 16.2. The van der Waals surface area contributed by atoms with Crippen LogP contribution in [0.1, 0.15) is 53.8 Å². The molecule has 0 aromatic carbocycles. The Hall–Kier alpha value is -2.96. The molecule has 0 radical (unpaired) electrons. The van der Waals surface area contributed by atoms with Gasteiger partial charge in [-0.05, 0) is 49.8 Å². The number of aryl methyl sites for hydroxylation is 1. The first-order valence-electron chi connectivity index (χ1n) is 9.83. The van der Waals surface area contributed by atoms with Crippen molar-refractivity contribution in [2.75, 3.05) is 23.3 Å². The summed E-state index contributed by atoms with van der Waals surface area (Å²) in [5.74, 6) is 1.03. The van der Waals surface area contributed by atoms with Gasteiger partial charge in [0.05, 0.1) is 29.5 Å². The number of pyridine rings is 2. The van der Waals surface area contributed by atoms with E-state index in [1.54, 1.807) is 23.4 Å². The number of carbonyl (C=O) groups excluding carboxylic acids is 2. The van der Waals surface area contributed by atoms with E-state index in [1.165, 1.54) is 0 Å². The molecule has 0 saturated heterocycles. The maximum Gasteiger partial charge on any atom is 0.253 e. The predicted molar refractivity (Wildman–Crippen MR) is 107 cm³/mol. The Bertz CT molecular complexity index is 909. The van der Waals surface area contributed by atoms with Crippen molar-refractivity contribution in [3.05, 3.63) is 47.4 Å². The Kier molecular flexibility index (Phi) is 4.98. The van der Waals surface area contributed by atoms with Crippen molar-refractivity contribution in [1.82, 2.24) is 15.3 Å². The summed E-state index contributed by atoms with van der Waals surface area (Å²) in [5, 5.41) is 6.10. The van der Waals surface area contributed by atoms with Gasteiger partial charge >= 0.3 is 0 Å². The maximum absolute atomic E-state index is 12.9. The molecule has 3 heterocycles. The lowest BCUT2D eigenvalue weighted by molar-refractivity contribution is -0.117. The van der Waals surface area contributed by atoms with Gasteiger partial charge in [0.15, 0.2) is 0 Å². The summed E-state index contributed by atoms with van der Waals surface area (Å²) in [4.78, 5) is 35.9. The molecule has 1 aliphatic carbocycles. The topological polar surface area (TPSA) is 87.2 Å². The van der Waals surface area contributed by atoms with Gasteiger partial charge in [0.25, 0.3) is 5.91 Å². The largest absolute Gasteiger partial charge is 0.359 e. The predicted octanol–water partition coefficient (Wildman–Crippen LogP) is 2.83. The molecule has 28 heavy (non-hydrogen) atoms. The van der Waals surface area contributed by atoms with Crippen molar-refractivity contribution >= 4 is 23.3 Å². The van der Waals surface area contributed by atoms with Gasteiger partial charge in [-0.3, -0.25) is 14.6 Å². The molecular weight excluding hydrogens is 354 g/mol. The molecule has 1 fully saturated rings. The summed E-state index contributed by atoms with van der Waals surface area (Å²) in [5.41, 5.74) is 3.06. The van der Waals surface area contributed by atoms with Crippen LogP contribution in [-0.2, 0) is 4.79 Å². The number of anilines is 2. The second kappa shape index (κ2) is 7.58. The Balaban J connectivity index is 1.57. The summed E-state index contributed by atoms with van der Waals surface area (Å²) < 4.78 is 0. The summed E-state index contributed by atoms with van der Waals surface area (Å²) in [7, 11) is 0. The van der Waals surface area contributed by atoms with Crippen LogP contribution in [0.2, 0.25) is 0 Å². The lowest BCUT2D eigenvalue weighted by Crippen LogP contribution is -2.41. The first-order valence-corrected chi connectivity index (χ1v) is 9.83. The minimum atomic E-state index is -0.211. The standard InChI is InChI=1S/C21H25N5O2/c1-3-16(19-13(2)5-4-8-22-19)25-21(28)15-9-17-20(23-10-15)24-11-18(27)26(17)12-14-6-7-14/h4-5,8-10,14,16H,3,6-7,11-12H2,1-2H3,(H,23,24)(H,25,28). The SMILES string of the molecule is CCC(NC(=O)c1cnc2c(c1)N(CC1CC1)C(=O)CN2)c1ncccc1C. The van der Waals surface area contributed by atoms with Crippen LogP contribution in [0.15, 0.2) is 30.6 Å². The van der Waals surface area contributed by atoms with Crippen molar-refractivity contribution in [2.24, 2.45) is 5.92 Å². The molecular formula is C21H25N5O2. The third kappa shape index (κ3) is 3.69. The van der Waals surface area contributed by atoms with Gasteiger partial charge in [-0.25, -0.2) is 4.98 Å². The normalized spacial score (nSPS) is 16.9. The zero-order chi connectivity index (χ0) is 19.7.